The summed E-state index contributed by atoms with van der Waals surface area (Å²) in [5.41, 5.74) is 1.05. The Labute approximate surface area is 139 Å². The van der Waals surface area contributed by atoms with Crippen LogP contribution in [-0.4, -0.2) is 19.2 Å². The van der Waals surface area contributed by atoms with Crippen molar-refractivity contribution in [2.24, 2.45) is 0 Å². The van der Waals surface area contributed by atoms with Crippen molar-refractivity contribution >= 4 is 16.0 Å². The SMILES string of the molecule is [B]CO[P+]1(O)OCc2c(F)c(C(C)(C)C)cc(C(C)(C)C)c2O1. The van der Waals surface area contributed by atoms with E-state index in [-0.39, 0.29) is 29.8 Å². The normalized spacial score (nSPS) is 21.7. The molecule has 0 amide bonds. The van der Waals surface area contributed by atoms with Crippen LogP contribution < -0.4 is 4.52 Å². The minimum absolute atomic E-state index is 0.113. The molecule has 7 heteroatoms. The average molecular weight is 341 g/mol. The Hall–Kier alpha value is -0.675. The summed E-state index contributed by atoms with van der Waals surface area (Å²) in [6.07, 6.45) is 0. The van der Waals surface area contributed by atoms with Crippen molar-refractivity contribution in [3.8, 4) is 5.75 Å². The molecule has 0 spiro atoms. The number of hydrogen-bond acceptors (Lipinski definition) is 4. The largest absolute Gasteiger partial charge is 0.618 e. The summed E-state index contributed by atoms with van der Waals surface area (Å²) in [4.78, 5) is 10.3. The van der Waals surface area contributed by atoms with E-state index in [1.54, 1.807) is 0 Å². The molecule has 1 aliphatic rings. The summed E-state index contributed by atoms with van der Waals surface area (Å²) < 4.78 is 30.8. The molecule has 1 N–H and O–H groups in total. The molecule has 126 valence electrons. The zero-order valence-corrected chi connectivity index (χ0v) is 15.5. The first-order valence-corrected chi connectivity index (χ1v) is 9.05. The van der Waals surface area contributed by atoms with E-state index in [1.807, 2.05) is 47.6 Å². The first-order valence-electron chi connectivity index (χ1n) is 7.56. The van der Waals surface area contributed by atoms with Gasteiger partial charge in [0.1, 0.15) is 20.3 Å². The van der Waals surface area contributed by atoms with Gasteiger partial charge in [0.15, 0.2) is 5.75 Å². The lowest BCUT2D eigenvalue weighted by Gasteiger charge is -2.31. The van der Waals surface area contributed by atoms with E-state index in [0.29, 0.717) is 16.9 Å². The highest BCUT2D eigenvalue weighted by molar-refractivity contribution is 7.55. The third-order valence-corrected chi connectivity index (χ3v) is 5.09. The molecule has 0 saturated carbocycles. The van der Waals surface area contributed by atoms with Crippen molar-refractivity contribution < 1.29 is 22.9 Å². The van der Waals surface area contributed by atoms with Gasteiger partial charge in [0.25, 0.3) is 0 Å². The first kappa shape index (κ1) is 18.7. The van der Waals surface area contributed by atoms with Crippen molar-refractivity contribution in [2.75, 3.05) is 6.51 Å². The third kappa shape index (κ3) is 3.71. The summed E-state index contributed by atoms with van der Waals surface area (Å²) in [5, 5.41) is 0. The maximum absolute atomic E-state index is 15.0. The molecular weight excluding hydrogens is 317 g/mol. The van der Waals surface area contributed by atoms with Crippen LogP contribution in [0.25, 0.3) is 0 Å². The monoisotopic (exact) mass is 341 g/mol. The van der Waals surface area contributed by atoms with Crippen molar-refractivity contribution in [2.45, 2.75) is 59.0 Å². The Morgan fingerprint density at radius 2 is 1.78 bits per heavy atom. The Morgan fingerprint density at radius 3 is 2.26 bits per heavy atom. The molecule has 0 bridgehead atoms. The van der Waals surface area contributed by atoms with E-state index in [9.17, 15) is 9.28 Å². The van der Waals surface area contributed by atoms with Crippen molar-refractivity contribution in [1.82, 2.24) is 0 Å². The van der Waals surface area contributed by atoms with Gasteiger partial charge in [-0.3, -0.25) is 4.52 Å². The molecule has 23 heavy (non-hydrogen) atoms. The quantitative estimate of drug-likeness (QED) is 0.649. The van der Waals surface area contributed by atoms with Gasteiger partial charge in [-0.1, -0.05) is 41.5 Å². The van der Waals surface area contributed by atoms with Gasteiger partial charge in [0.2, 0.25) is 0 Å². The van der Waals surface area contributed by atoms with Gasteiger partial charge in [-0.2, -0.15) is 9.42 Å². The van der Waals surface area contributed by atoms with Crippen LogP contribution in [0.5, 0.6) is 5.75 Å². The van der Waals surface area contributed by atoms with Crippen LogP contribution in [0.15, 0.2) is 6.07 Å². The number of hydrogen-bond donors (Lipinski definition) is 1. The van der Waals surface area contributed by atoms with Crippen LogP contribution in [0, 0.1) is 5.82 Å². The lowest BCUT2D eigenvalue weighted by Crippen LogP contribution is -2.25. The van der Waals surface area contributed by atoms with Gasteiger partial charge in [0, 0.05) is 5.56 Å². The highest BCUT2D eigenvalue weighted by Crippen LogP contribution is 2.63. The van der Waals surface area contributed by atoms with E-state index in [4.69, 9.17) is 21.4 Å². The average Bonchev–Trinajstić information content (AvgIpc) is 2.35. The fourth-order valence-electron chi connectivity index (χ4n) is 2.48. The number of halogens is 1. The molecule has 1 aromatic rings. The van der Waals surface area contributed by atoms with Crippen LogP contribution in [0.1, 0.15) is 58.2 Å². The molecule has 1 aromatic carbocycles. The molecule has 1 unspecified atom stereocenters. The Morgan fingerprint density at radius 1 is 1.22 bits per heavy atom. The summed E-state index contributed by atoms with van der Waals surface area (Å²) in [6.45, 7) is 11.5. The molecule has 0 fully saturated rings. The van der Waals surface area contributed by atoms with Crippen LogP contribution in [0.4, 0.5) is 4.39 Å². The Kier molecular flexibility index (Phi) is 4.87. The van der Waals surface area contributed by atoms with Crippen LogP contribution >= 0.6 is 8.17 Å². The predicted molar refractivity (Wildman–Crippen MR) is 90.1 cm³/mol. The molecule has 2 radical (unpaired) electrons. The smallest absolute Gasteiger partial charge is 0.260 e. The molecule has 0 aromatic heterocycles. The van der Waals surface area contributed by atoms with E-state index in [0.717, 1.165) is 5.56 Å². The molecular formula is C16H24BFO4P+. The highest BCUT2D eigenvalue weighted by Gasteiger charge is 2.52. The number of benzene rings is 1. The predicted octanol–water partition coefficient (Wildman–Crippen LogP) is 4.14. The van der Waals surface area contributed by atoms with Gasteiger partial charge in [-0.15, -0.1) is 4.52 Å². The standard InChI is InChI=1S/C16H24BFO4P/c1-15(2,3)11-7-12(16(4,5)6)14-10(13(11)18)8-20-23(19,22-14)21-9-17/h7,19H,8-9H2,1-6H3/q+1. The minimum Gasteiger partial charge on any atom is -0.260 e. The topological polar surface area (TPSA) is 47.9 Å². The number of fused-ring (bicyclic) bond motifs is 1. The zero-order valence-electron chi connectivity index (χ0n) is 14.6. The zero-order chi connectivity index (χ0) is 17.6. The molecule has 1 heterocycles. The molecule has 4 nitrogen and oxygen atoms in total. The van der Waals surface area contributed by atoms with Crippen molar-refractivity contribution in [1.29, 1.82) is 0 Å². The lowest BCUT2D eigenvalue weighted by molar-refractivity contribution is 0.113. The fraction of sp³-hybridized carbons (Fsp3) is 0.625. The fourth-order valence-corrected chi connectivity index (χ4v) is 3.58. The van der Waals surface area contributed by atoms with Gasteiger partial charge >= 0.3 is 8.17 Å². The van der Waals surface area contributed by atoms with E-state index < -0.39 is 8.17 Å². The van der Waals surface area contributed by atoms with Crippen LogP contribution in [0.3, 0.4) is 0 Å². The molecule has 1 aliphatic heterocycles. The van der Waals surface area contributed by atoms with E-state index >= 15 is 0 Å². The second kappa shape index (κ2) is 6.00. The second-order valence-corrected chi connectivity index (χ2v) is 9.36. The Balaban J connectivity index is 2.67. The first-order chi connectivity index (χ1) is 10.4. The highest BCUT2D eigenvalue weighted by atomic mass is 31.2. The van der Waals surface area contributed by atoms with E-state index in [1.165, 1.54) is 0 Å². The Bertz CT molecular complexity index is 610. The molecule has 0 aliphatic carbocycles. The van der Waals surface area contributed by atoms with Gasteiger partial charge in [0.05, 0.1) is 12.1 Å². The summed E-state index contributed by atoms with van der Waals surface area (Å²) in [6, 6.07) is 1.81. The summed E-state index contributed by atoms with van der Waals surface area (Å²) in [5.74, 6) is -0.0574. The molecule has 0 saturated heterocycles. The maximum atomic E-state index is 15.0. The second-order valence-electron chi connectivity index (χ2n) is 7.72. The van der Waals surface area contributed by atoms with E-state index in [2.05, 4.69) is 0 Å². The summed E-state index contributed by atoms with van der Waals surface area (Å²) >= 11 is 0. The van der Waals surface area contributed by atoms with Gasteiger partial charge < -0.3 is 0 Å². The molecule has 1 atom stereocenters. The third-order valence-electron chi connectivity index (χ3n) is 3.74. The summed E-state index contributed by atoms with van der Waals surface area (Å²) in [7, 11) is 1.75. The van der Waals surface area contributed by atoms with Crippen molar-refractivity contribution in [3.63, 3.8) is 0 Å². The maximum Gasteiger partial charge on any atom is 0.618 e. The number of rotatable bonds is 2. The van der Waals surface area contributed by atoms with Crippen LogP contribution in [0.2, 0.25) is 0 Å². The van der Waals surface area contributed by atoms with Gasteiger partial charge in [-0.05, 0) is 22.5 Å². The van der Waals surface area contributed by atoms with Crippen LogP contribution in [-0.2, 0) is 26.5 Å². The minimum atomic E-state index is -3.56. The van der Waals surface area contributed by atoms with Crippen molar-refractivity contribution in [3.05, 3.63) is 28.6 Å². The van der Waals surface area contributed by atoms with Gasteiger partial charge in [-0.25, -0.2) is 4.39 Å². The molecule has 2 rings (SSSR count). The lowest BCUT2D eigenvalue weighted by atomic mass is 9.78.